The van der Waals surface area contributed by atoms with E-state index in [0.29, 0.717) is 21.6 Å². The molecule has 1 aromatic rings. The predicted octanol–water partition coefficient (Wildman–Crippen LogP) is 4.32. The van der Waals surface area contributed by atoms with Crippen molar-refractivity contribution in [2.45, 2.75) is 39.7 Å². The van der Waals surface area contributed by atoms with E-state index in [9.17, 15) is 5.11 Å². The Balaban J connectivity index is 0.00000676. The fourth-order valence-electron chi connectivity index (χ4n) is 2.60. The maximum Gasteiger partial charge on any atom is 0.191 e. The predicted molar refractivity (Wildman–Crippen MR) is 128 cm³/mol. The van der Waals surface area contributed by atoms with Crippen LogP contribution < -0.4 is 10.6 Å². The van der Waals surface area contributed by atoms with E-state index in [2.05, 4.69) is 34.4 Å². The van der Waals surface area contributed by atoms with Gasteiger partial charge in [0.15, 0.2) is 5.96 Å². The molecule has 0 heterocycles. The van der Waals surface area contributed by atoms with Crippen molar-refractivity contribution in [2.75, 3.05) is 39.3 Å². The number of nitrogens with zero attached hydrogens (tertiary/aromatic N) is 2. The van der Waals surface area contributed by atoms with Crippen molar-refractivity contribution >= 4 is 53.1 Å². The number of hydrogen-bond acceptors (Lipinski definition) is 3. The molecule has 0 aliphatic carbocycles. The number of benzene rings is 1. The molecule has 0 aromatic heterocycles. The molecule has 0 fully saturated rings. The fraction of sp³-hybridized carbons (Fsp3) is 0.632. The van der Waals surface area contributed by atoms with Gasteiger partial charge in [-0.15, -0.1) is 24.0 Å². The van der Waals surface area contributed by atoms with Crippen LogP contribution in [0.3, 0.4) is 0 Å². The third kappa shape index (κ3) is 11.3. The molecule has 156 valence electrons. The van der Waals surface area contributed by atoms with Crippen LogP contribution in [0.2, 0.25) is 10.0 Å². The quantitative estimate of drug-likeness (QED) is 0.172. The Morgan fingerprint density at radius 1 is 1.07 bits per heavy atom. The number of aliphatic hydroxyl groups excluding tert-OH is 1. The molecule has 0 amide bonds. The lowest BCUT2D eigenvalue weighted by atomic mass is 10.1. The number of rotatable bonds is 11. The molecule has 0 bridgehead atoms. The molecular weight excluding hydrogens is 498 g/mol. The number of unbranched alkanes of at least 4 members (excludes halogenated alkanes) is 1. The van der Waals surface area contributed by atoms with Gasteiger partial charge in [-0.1, -0.05) is 37.0 Å². The highest BCUT2D eigenvalue weighted by Crippen LogP contribution is 2.23. The van der Waals surface area contributed by atoms with Crippen LogP contribution in [0.5, 0.6) is 0 Å². The summed E-state index contributed by atoms with van der Waals surface area (Å²) in [6, 6.07) is 5.06. The molecule has 1 aromatic carbocycles. The van der Waals surface area contributed by atoms with Crippen molar-refractivity contribution in [1.29, 1.82) is 0 Å². The Morgan fingerprint density at radius 3 is 2.26 bits per heavy atom. The largest absolute Gasteiger partial charge is 0.386 e. The van der Waals surface area contributed by atoms with Crippen LogP contribution in [-0.4, -0.2) is 55.2 Å². The van der Waals surface area contributed by atoms with Crippen LogP contribution in [0.4, 0.5) is 0 Å². The van der Waals surface area contributed by atoms with E-state index in [4.69, 9.17) is 23.2 Å². The second-order valence-corrected chi connectivity index (χ2v) is 6.97. The average molecular weight is 531 g/mol. The Morgan fingerprint density at radius 2 is 1.70 bits per heavy atom. The Labute approximate surface area is 190 Å². The van der Waals surface area contributed by atoms with E-state index in [0.717, 1.165) is 45.6 Å². The number of nitrogens with one attached hydrogen (secondary N) is 2. The molecule has 0 saturated heterocycles. The van der Waals surface area contributed by atoms with Crippen molar-refractivity contribution in [3.8, 4) is 0 Å². The van der Waals surface area contributed by atoms with Crippen molar-refractivity contribution in [2.24, 2.45) is 4.99 Å². The number of aliphatic imine (C=N–C) groups is 1. The number of aliphatic hydroxyl groups is 1. The van der Waals surface area contributed by atoms with E-state index in [1.165, 1.54) is 0 Å². The van der Waals surface area contributed by atoms with Gasteiger partial charge >= 0.3 is 0 Å². The number of guanidine groups is 1. The second-order valence-electron chi connectivity index (χ2n) is 6.10. The minimum atomic E-state index is -0.746. The van der Waals surface area contributed by atoms with Crippen LogP contribution in [0.25, 0.3) is 0 Å². The lowest BCUT2D eigenvalue weighted by Crippen LogP contribution is -2.38. The third-order valence-electron chi connectivity index (χ3n) is 4.12. The highest BCUT2D eigenvalue weighted by atomic mass is 127. The van der Waals surface area contributed by atoms with E-state index in [1.54, 1.807) is 18.2 Å². The summed E-state index contributed by atoms with van der Waals surface area (Å²) in [6.45, 7) is 11.6. The van der Waals surface area contributed by atoms with Gasteiger partial charge in [-0.05, 0) is 63.2 Å². The highest BCUT2D eigenvalue weighted by Gasteiger charge is 2.09. The first kappa shape index (κ1) is 26.7. The summed E-state index contributed by atoms with van der Waals surface area (Å²) in [5.74, 6) is 0.711. The SMILES string of the molecule is CCNC(=NCC(O)c1cc(Cl)cc(Cl)c1)NCCCCN(CC)CC.I. The van der Waals surface area contributed by atoms with Gasteiger partial charge in [0, 0.05) is 23.1 Å². The summed E-state index contributed by atoms with van der Waals surface area (Å²) in [4.78, 5) is 6.88. The summed E-state index contributed by atoms with van der Waals surface area (Å²) in [6.07, 6.45) is 1.48. The minimum Gasteiger partial charge on any atom is -0.386 e. The van der Waals surface area contributed by atoms with E-state index < -0.39 is 6.10 Å². The standard InChI is InChI=1S/C19H32Cl2N4O.HI/c1-4-22-19(23-9-7-8-10-25(5-2)6-3)24-14-18(26)15-11-16(20)13-17(21)12-15;/h11-13,18,26H,4-10,14H2,1-3H3,(H2,22,23,24);1H. The molecule has 0 radical (unpaired) electrons. The fourth-order valence-corrected chi connectivity index (χ4v) is 3.14. The Kier molecular flexibility index (Phi) is 15.5. The van der Waals surface area contributed by atoms with Crippen molar-refractivity contribution in [1.82, 2.24) is 15.5 Å². The molecule has 1 atom stereocenters. The van der Waals surface area contributed by atoms with E-state index in [-0.39, 0.29) is 30.5 Å². The van der Waals surface area contributed by atoms with Gasteiger partial charge in [-0.2, -0.15) is 0 Å². The van der Waals surface area contributed by atoms with Gasteiger partial charge in [0.1, 0.15) is 0 Å². The molecule has 1 rings (SSSR count). The Hall–Kier alpha value is -0.280. The van der Waals surface area contributed by atoms with Crippen LogP contribution in [0, 0.1) is 0 Å². The van der Waals surface area contributed by atoms with E-state index >= 15 is 0 Å². The van der Waals surface area contributed by atoms with Gasteiger partial charge in [-0.25, -0.2) is 0 Å². The summed E-state index contributed by atoms with van der Waals surface area (Å²) in [5.41, 5.74) is 0.668. The van der Waals surface area contributed by atoms with Crippen LogP contribution in [0.15, 0.2) is 23.2 Å². The summed E-state index contributed by atoms with van der Waals surface area (Å²) in [5, 5.41) is 17.9. The third-order valence-corrected chi connectivity index (χ3v) is 4.56. The topological polar surface area (TPSA) is 59.9 Å². The second kappa shape index (κ2) is 15.6. The zero-order valence-electron chi connectivity index (χ0n) is 16.5. The summed E-state index contributed by atoms with van der Waals surface area (Å²) in [7, 11) is 0. The van der Waals surface area contributed by atoms with Crippen LogP contribution >= 0.6 is 47.2 Å². The first-order valence-electron chi connectivity index (χ1n) is 9.38. The molecule has 0 aliphatic heterocycles. The van der Waals surface area contributed by atoms with E-state index in [1.807, 2.05) is 6.92 Å². The summed E-state index contributed by atoms with van der Waals surface area (Å²) >= 11 is 12.0. The molecule has 0 spiro atoms. The molecule has 0 aliphatic rings. The van der Waals surface area contributed by atoms with Crippen molar-refractivity contribution < 1.29 is 5.11 Å². The first-order valence-corrected chi connectivity index (χ1v) is 10.1. The minimum absolute atomic E-state index is 0. The Bertz CT molecular complexity index is 536. The molecule has 5 nitrogen and oxygen atoms in total. The van der Waals surface area contributed by atoms with Crippen molar-refractivity contribution in [3.63, 3.8) is 0 Å². The van der Waals surface area contributed by atoms with Gasteiger partial charge in [0.05, 0.1) is 12.6 Å². The molecule has 27 heavy (non-hydrogen) atoms. The molecule has 0 saturated carbocycles. The zero-order chi connectivity index (χ0) is 19.4. The smallest absolute Gasteiger partial charge is 0.191 e. The van der Waals surface area contributed by atoms with Crippen molar-refractivity contribution in [3.05, 3.63) is 33.8 Å². The van der Waals surface area contributed by atoms with Crippen LogP contribution in [-0.2, 0) is 0 Å². The monoisotopic (exact) mass is 530 g/mol. The van der Waals surface area contributed by atoms with Crippen LogP contribution in [0.1, 0.15) is 45.3 Å². The molecule has 3 N–H and O–H groups in total. The lowest BCUT2D eigenvalue weighted by molar-refractivity contribution is 0.187. The first-order chi connectivity index (χ1) is 12.5. The van der Waals surface area contributed by atoms with Gasteiger partial charge in [0.2, 0.25) is 0 Å². The lowest BCUT2D eigenvalue weighted by Gasteiger charge is -2.18. The molecule has 1 unspecified atom stereocenters. The maximum absolute atomic E-state index is 10.3. The highest BCUT2D eigenvalue weighted by molar-refractivity contribution is 14.0. The zero-order valence-corrected chi connectivity index (χ0v) is 20.3. The normalized spacial score (nSPS) is 12.6. The number of halogens is 3. The van der Waals surface area contributed by atoms with Gasteiger partial charge in [-0.3, -0.25) is 4.99 Å². The van der Waals surface area contributed by atoms with Gasteiger partial charge in [0.25, 0.3) is 0 Å². The molecule has 8 heteroatoms. The maximum atomic E-state index is 10.3. The summed E-state index contributed by atoms with van der Waals surface area (Å²) < 4.78 is 0. The van der Waals surface area contributed by atoms with Gasteiger partial charge < -0.3 is 20.6 Å². The average Bonchev–Trinajstić information content (AvgIpc) is 2.61. The molecular formula is C19H33Cl2IN4O. The number of hydrogen-bond donors (Lipinski definition) is 3.